The molecule has 0 aliphatic carbocycles. The van der Waals surface area contributed by atoms with Crippen molar-refractivity contribution < 1.29 is 4.79 Å². The highest BCUT2D eigenvalue weighted by atomic mass is 16.1. The smallest absolute Gasteiger partial charge is 0.138 e. The number of Topliss-reactive ketones (excluding diaryl/α,β-unsaturated/α-hetero) is 1. The number of likely N-dealkylation sites (tertiary alicyclic amines) is 1. The van der Waals surface area contributed by atoms with E-state index in [1.54, 1.807) is 0 Å². The van der Waals surface area contributed by atoms with Crippen LogP contribution in [0.1, 0.15) is 38.3 Å². The number of benzene rings is 1. The molecule has 2 nitrogen and oxygen atoms in total. The van der Waals surface area contributed by atoms with Crippen LogP contribution in [0.25, 0.3) is 0 Å². The monoisotopic (exact) mass is 231 g/mol. The number of hydrogen-bond acceptors (Lipinski definition) is 2. The first-order valence-corrected chi connectivity index (χ1v) is 6.54. The van der Waals surface area contributed by atoms with Gasteiger partial charge in [-0.2, -0.15) is 0 Å². The van der Waals surface area contributed by atoms with Gasteiger partial charge in [0.1, 0.15) is 5.78 Å². The quantitative estimate of drug-likeness (QED) is 0.797. The molecule has 0 amide bonds. The molecule has 1 aliphatic rings. The van der Waals surface area contributed by atoms with Crippen LogP contribution in [0.2, 0.25) is 0 Å². The zero-order valence-corrected chi connectivity index (χ0v) is 10.7. The average molecular weight is 231 g/mol. The van der Waals surface area contributed by atoms with E-state index in [9.17, 15) is 4.79 Å². The van der Waals surface area contributed by atoms with E-state index in [1.165, 1.54) is 5.56 Å². The van der Waals surface area contributed by atoms with Gasteiger partial charge >= 0.3 is 0 Å². The largest absolute Gasteiger partial charge is 0.299 e. The molecule has 1 heterocycles. The van der Waals surface area contributed by atoms with Gasteiger partial charge in [-0.25, -0.2) is 0 Å². The fraction of sp³-hybridized carbons (Fsp3) is 0.533. The zero-order valence-electron chi connectivity index (χ0n) is 10.7. The number of carbonyl (C=O) groups is 1. The van der Waals surface area contributed by atoms with Gasteiger partial charge in [0.05, 0.1) is 0 Å². The first-order chi connectivity index (χ1) is 8.22. The summed E-state index contributed by atoms with van der Waals surface area (Å²) in [6.07, 6.45) is 1.69. The summed E-state index contributed by atoms with van der Waals surface area (Å²) in [6, 6.07) is 11.0. The van der Waals surface area contributed by atoms with Gasteiger partial charge in [0.2, 0.25) is 0 Å². The van der Waals surface area contributed by atoms with E-state index >= 15 is 0 Å². The van der Waals surface area contributed by atoms with Crippen LogP contribution in [0.15, 0.2) is 30.3 Å². The average Bonchev–Trinajstić information content (AvgIpc) is 2.39. The predicted octanol–water partition coefficient (Wildman–Crippen LogP) is 3.05. The third kappa shape index (κ3) is 2.75. The van der Waals surface area contributed by atoms with Crippen molar-refractivity contribution >= 4 is 5.78 Å². The van der Waals surface area contributed by atoms with Gasteiger partial charge in [0.15, 0.2) is 0 Å². The Balaban J connectivity index is 2.06. The first kappa shape index (κ1) is 12.3. The molecule has 2 rings (SSSR count). The SMILES string of the molecule is CCC1CN(C(C)c2ccccc2)CCC1=O. The molecule has 0 spiro atoms. The number of hydrogen-bond donors (Lipinski definition) is 0. The standard InChI is InChI=1S/C15H21NO/c1-3-13-11-16(10-9-15(13)17)12(2)14-7-5-4-6-8-14/h4-8,12-13H,3,9-11H2,1-2H3. The molecule has 1 aromatic rings. The van der Waals surface area contributed by atoms with Crippen LogP contribution >= 0.6 is 0 Å². The van der Waals surface area contributed by atoms with E-state index in [4.69, 9.17) is 0 Å². The van der Waals surface area contributed by atoms with Crippen molar-refractivity contribution in [2.24, 2.45) is 5.92 Å². The van der Waals surface area contributed by atoms with Gasteiger partial charge in [0.25, 0.3) is 0 Å². The number of nitrogens with zero attached hydrogens (tertiary/aromatic N) is 1. The maximum absolute atomic E-state index is 11.7. The predicted molar refractivity (Wildman–Crippen MR) is 69.8 cm³/mol. The van der Waals surface area contributed by atoms with Crippen molar-refractivity contribution in [3.63, 3.8) is 0 Å². The third-order valence-electron chi connectivity index (χ3n) is 3.88. The van der Waals surface area contributed by atoms with E-state index in [-0.39, 0.29) is 5.92 Å². The highest BCUT2D eigenvalue weighted by Crippen LogP contribution is 2.26. The normalized spacial score (nSPS) is 23.6. The molecule has 1 saturated heterocycles. The van der Waals surface area contributed by atoms with E-state index in [2.05, 4.69) is 43.0 Å². The maximum atomic E-state index is 11.7. The van der Waals surface area contributed by atoms with Crippen LogP contribution in [0.3, 0.4) is 0 Å². The lowest BCUT2D eigenvalue weighted by Crippen LogP contribution is -2.41. The second-order valence-corrected chi connectivity index (χ2v) is 4.90. The minimum absolute atomic E-state index is 0.245. The Hall–Kier alpha value is -1.15. The van der Waals surface area contributed by atoms with Gasteiger partial charge < -0.3 is 0 Å². The van der Waals surface area contributed by atoms with Crippen molar-refractivity contribution in [3.05, 3.63) is 35.9 Å². The topological polar surface area (TPSA) is 20.3 Å². The molecular formula is C15H21NO. The van der Waals surface area contributed by atoms with Crippen LogP contribution in [0.5, 0.6) is 0 Å². The third-order valence-corrected chi connectivity index (χ3v) is 3.88. The minimum atomic E-state index is 0.245. The summed E-state index contributed by atoms with van der Waals surface area (Å²) in [5.41, 5.74) is 1.34. The summed E-state index contributed by atoms with van der Waals surface area (Å²) in [5, 5.41) is 0. The number of ketones is 1. The lowest BCUT2D eigenvalue weighted by molar-refractivity contribution is -0.126. The van der Waals surface area contributed by atoms with Gasteiger partial charge in [0, 0.05) is 31.5 Å². The van der Waals surface area contributed by atoms with Crippen molar-refractivity contribution in [1.82, 2.24) is 4.90 Å². The first-order valence-electron chi connectivity index (χ1n) is 6.54. The van der Waals surface area contributed by atoms with E-state index in [0.29, 0.717) is 11.8 Å². The molecule has 0 N–H and O–H groups in total. The van der Waals surface area contributed by atoms with Gasteiger partial charge in [-0.1, -0.05) is 37.3 Å². The molecular weight excluding hydrogens is 210 g/mol. The molecule has 17 heavy (non-hydrogen) atoms. The van der Waals surface area contributed by atoms with Crippen molar-refractivity contribution in [2.75, 3.05) is 13.1 Å². The van der Waals surface area contributed by atoms with Crippen molar-refractivity contribution in [1.29, 1.82) is 0 Å². The Morgan fingerprint density at radius 3 is 2.71 bits per heavy atom. The molecule has 0 saturated carbocycles. The molecule has 1 aromatic carbocycles. The highest BCUT2D eigenvalue weighted by Gasteiger charge is 2.28. The van der Waals surface area contributed by atoms with Crippen LogP contribution in [0, 0.1) is 5.92 Å². The summed E-state index contributed by atoms with van der Waals surface area (Å²) >= 11 is 0. The van der Waals surface area contributed by atoms with E-state index < -0.39 is 0 Å². The van der Waals surface area contributed by atoms with Crippen molar-refractivity contribution in [2.45, 2.75) is 32.7 Å². The number of carbonyl (C=O) groups excluding carboxylic acids is 1. The van der Waals surface area contributed by atoms with Crippen LogP contribution in [0.4, 0.5) is 0 Å². The van der Waals surface area contributed by atoms with Crippen LogP contribution < -0.4 is 0 Å². The molecule has 0 bridgehead atoms. The number of rotatable bonds is 3. The summed E-state index contributed by atoms with van der Waals surface area (Å²) in [5.74, 6) is 0.693. The highest BCUT2D eigenvalue weighted by molar-refractivity contribution is 5.82. The fourth-order valence-electron chi connectivity index (χ4n) is 2.59. The Labute approximate surface area is 104 Å². The maximum Gasteiger partial charge on any atom is 0.138 e. The molecule has 1 aliphatic heterocycles. The Morgan fingerprint density at radius 2 is 2.06 bits per heavy atom. The van der Waals surface area contributed by atoms with Crippen molar-refractivity contribution in [3.8, 4) is 0 Å². The molecule has 2 heteroatoms. The lowest BCUT2D eigenvalue weighted by Gasteiger charge is -2.36. The molecule has 1 fully saturated rings. The van der Waals surface area contributed by atoms with E-state index in [0.717, 1.165) is 25.9 Å². The summed E-state index contributed by atoms with van der Waals surface area (Å²) in [6.45, 7) is 6.17. The summed E-state index contributed by atoms with van der Waals surface area (Å²) in [7, 11) is 0. The van der Waals surface area contributed by atoms with Gasteiger partial charge in [-0.3, -0.25) is 9.69 Å². The molecule has 0 aromatic heterocycles. The summed E-state index contributed by atoms with van der Waals surface area (Å²) < 4.78 is 0. The molecule has 92 valence electrons. The van der Waals surface area contributed by atoms with Crippen LogP contribution in [-0.2, 0) is 4.79 Å². The molecule has 0 radical (unpaired) electrons. The summed E-state index contributed by atoms with van der Waals surface area (Å²) in [4.78, 5) is 14.1. The minimum Gasteiger partial charge on any atom is -0.299 e. The zero-order chi connectivity index (χ0) is 12.3. The molecule has 2 atom stereocenters. The second-order valence-electron chi connectivity index (χ2n) is 4.90. The number of piperidine rings is 1. The Morgan fingerprint density at radius 1 is 1.35 bits per heavy atom. The second kappa shape index (κ2) is 5.46. The van der Waals surface area contributed by atoms with E-state index in [1.807, 2.05) is 6.07 Å². The molecule has 2 unspecified atom stereocenters. The van der Waals surface area contributed by atoms with Gasteiger partial charge in [-0.05, 0) is 18.9 Å². The van der Waals surface area contributed by atoms with Crippen LogP contribution in [-0.4, -0.2) is 23.8 Å². The van der Waals surface area contributed by atoms with Gasteiger partial charge in [-0.15, -0.1) is 0 Å². The Bertz CT molecular complexity index is 374. The fourth-order valence-corrected chi connectivity index (χ4v) is 2.59. The Kier molecular flexibility index (Phi) is 3.95. The lowest BCUT2D eigenvalue weighted by atomic mass is 9.92.